The Balaban J connectivity index is 1.57. The van der Waals surface area contributed by atoms with E-state index in [0.717, 1.165) is 25.0 Å². The quantitative estimate of drug-likeness (QED) is 0.844. The van der Waals surface area contributed by atoms with Crippen molar-refractivity contribution in [3.8, 4) is 0 Å². The summed E-state index contributed by atoms with van der Waals surface area (Å²) in [4.78, 5) is 24.1. The topological polar surface area (TPSA) is 55.4 Å². The molecule has 3 rings (SSSR count). The Labute approximate surface area is 143 Å². The molecule has 1 atom stereocenters. The summed E-state index contributed by atoms with van der Waals surface area (Å²) < 4.78 is 43.6. The molecule has 1 aliphatic carbocycles. The molecule has 0 bridgehead atoms. The Morgan fingerprint density at radius 2 is 2.00 bits per heavy atom. The van der Waals surface area contributed by atoms with E-state index in [1.54, 1.807) is 6.07 Å². The Morgan fingerprint density at radius 3 is 2.68 bits per heavy atom. The van der Waals surface area contributed by atoms with Gasteiger partial charge in [-0.3, -0.25) is 9.59 Å². The first-order chi connectivity index (χ1) is 11.8. The molecule has 1 spiro atoms. The molecule has 0 radical (unpaired) electrons. The Hall–Kier alpha value is -2.05. The number of alkyl halides is 3. The minimum atomic E-state index is -4.38. The molecular formula is C18H20F3NO3. The molecule has 1 aromatic rings. The summed E-state index contributed by atoms with van der Waals surface area (Å²) in [5.41, 5.74) is -0.863. The van der Waals surface area contributed by atoms with Crippen LogP contribution in [0.3, 0.4) is 0 Å². The van der Waals surface area contributed by atoms with Gasteiger partial charge in [0.15, 0.2) is 0 Å². The third-order valence-corrected chi connectivity index (χ3v) is 5.06. The van der Waals surface area contributed by atoms with Gasteiger partial charge >= 0.3 is 12.1 Å². The highest BCUT2D eigenvalue weighted by Gasteiger charge is 2.53. The second-order valence-electron chi connectivity index (χ2n) is 6.74. The number of ether oxygens (including phenoxy) is 1. The predicted octanol–water partition coefficient (Wildman–Crippen LogP) is 3.24. The zero-order valence-electron chi connectivity index (χ0n) is 13.7. The van der Waals surface area contributed by atoms with Crippen molar-refractivity contribution in [1.29, 1.82) is 0 Å². The summed E-state index contributed by atoms with van der Waals surface area (Å²) in [6.07, 6.45) is -0.743. The van der Waals surface area contributed by atoms with Gasteiger partial charge in [0, 0.05) is 6.54 Å². The van der Waals surface area contributed by atoms with Gasteiger partial charge in [-0.15, -0.1) is 0 Å². The smallest absolute Gasteiger partial charge is 0.416 e. The number of halogens is 3. The highest BCUT2D eigenvalue weighted by molar-refractivity contribution is 5.87. The number of nitrogens with one attached hydrogen (secondary N) is 1. The first-order valence-corrected chi connectivity index (χ1v) is 8.46. The van der Waals surface area contributed by atoms with E-state index in [1.165, 1.54) is 6.07 Å². The highest BCUT2D eigenvalue weighted by atomic mass is 19.4. The van der Waals surface area contributed by atoms with Crippen LogP contribution in [-0.4, -0.2) is 24.0 Å². The molecule has 4 nitrogen and oxygen atoms in total. The third kappa shape index (κ3) is 3.80. The van der Waals surface area contributed by atoms with Crippen LogP contribution in [0.1, 0.15) is 43.2 Å². The molecule has 7 heteroatoms. The average molecular weight is 355 g/mol. The van der Waals surface area contributed by atoms with E-state index in [0.29, 0.717) is 24.8 Å². The summed E-state index contributed by atoms with van der Waals surface area (Å²) in [5.74, 6) is -1.09. The van der Waals surface area contributed by atoms with Gasteiger partial charge in [0.1, 0.15) is 5.60 Å². The van der Waals surface area contributed by atoms with Gasteiger partial charge in [0.25, 0.3) is 0 Å². The number of carbonyl (C=O) groups is 2. The standard InChI is InChI=1S/C18H20F3NO3/c19-18(20,21)13-5-3-4-12(10-13)6-9-22-16(24)14-11-15(23)25-17(14)7-1-2-8-17/h3-5,10,14H,1-2,6-9,11H2,(H,22,24). The lowest BCUT2D eigenvalue weighted by atomic mass is 9.85. The molecule has 1 aromatic carbocycles. The number of carbonyl (C=O) groups excluding carboxylic acids is 2. The number of rotatable bonds is 4. The zero-order chi connectivity index (χ0) is 18.1. The van der Waals surface area contributed by atoms with E-state index >= 15 is 0 Å². The number of amides is 1. The molecular weight excluding hydrogens is 335 g/mol. The van der Waals surface area contributed by atoms with Crippen molar-refractivity contribution in [2.75, 3.05) is 6.54 Å². The van der Waals surface area contributed by atoms with Crippen molar-refractivity contribution < 1.29 is 27.5 Å². The largest absolute Gasteiger partial charge is 0.458 e. The van der Waals surface area contributed by atoms with E-state index in [2.05, 4.69) is 5.32 Å². The van der Waals surface area contributed by atoms with Crippen LogP contribution in [0.15, 0.2) is 24.3 Å². The van der Waals surface area contributed by atoms with Crippen molar-refractivity contribution >= 4 is 11.9 Å². The lowest BCUT2D eigenvalue weighted by molar-refractivity contribution is -0.150. The van der Waals surface area contributed by atoms with Crippen molar-refractivity contribution in [2.45, 2.75) is 50.3 Å². The predicted molar refractivity (Wildman–Crippen MR) is 83.6 cm³/mol. The second-order valence-corrected chi connectivity index (χ2v) is 6.74. The van der Waals surface area contributed by atoms with Crippen LogP contribution < -0.4 is 5.32 Å². The van der Waals surface area contributed by atoms with E-state index in [1.807, 2.05) is 0 Å². The van der Waals surface area contributed by atoms with Crippen LogP contribution in [-0.2, 0) is 26.9 Å². The van der Waals surface area contributed by atoms with Crippen LogP contribution in [0.5, 0.6) is 0 Å². The molecule has 2 fully saturated rings. The molecule has 136 valence electrons. The van der Waals surface area contributed by atoms with Gasteiger partial charge in [-0.25, -0.2) is 0 Å². The SMILES string of the molecule is O=C1CC(C(=O)NCCc2cccc(C(F)(F)F)c2)C2(CCCC2)O1. The zero-order valence-corrected chi connectivity index (χ0v) is 13.7. The fourth-order valence-corrected chi connectivity index (χ4v) is 3.80. The summed E-state index contributed by atoms with van der Waals surface area (Å²) in [6, 6.07) is 5.07. The molecule has 1 saturated carbocycles. The highest BCUT2D eigenvalue weighted by Crippen LogP contribution is 2.45. The summed E-state index contributed by atoms with van der Waals surface area (Å²) in [7, 11) is 0. The fraction of sp³-hybridized carbons (Fsp3) is 0.556. The number of hydrogen-bond acceptors (Lipinski definition) is 3. The molecule has 0 aromatic heterocycles. The van der Waals surface area contributed by atoms with Gasteiger partial charge in [-0.1, -0.05) is 18.2 Å². The van der Waals surface area contributed by atoms with Gasteiger partial charge in [-0.2, -0.15) is 13.2 Å². The maximum atomic E-state index is 12.7. The maximum Gasteiger partial charge on any atom is 0.416 e. The van der Waals surface area contributed by atoms with Gasteiger partial charge in [0.2, 0.25) is 5.91 Å². The minimum absolute atomic E-state index is 0.0788. The number of benzene rings is 1. The first kappa shape index (κ1) is 17.8. The molecule has 1 N–H and O–H groups in total. The number of esters is 1. The molecule has 1 heterocycles. The third-order valence-electron chi connectivity index (χ3n) is 5.06. The van der Waals surface area contributed by atoms with Crippen molar-refractivity contribution in [1.82, 2.24) is 5.32 Å². The Kier molecular flexibility index (Phi) is 4.75. The number of hydrogen-bond donors (Lipinski definition) is 1. The van der Waals surface area contributed by atoms with Crippen LogP contribution in [0.2, 0.25) is 0 Å². The second kappa shape index (κ2) is 6.69. The van der Waals surface area contributed by atoms with Crippen molar-refractivity contribution in [2.24, 2.45) is 5.92 Å². The van der Waals surface area contributed by atoms with E-state index in [4.69, 9.17) is 4.74 Å². The van der Waals surface area contributed by atoms with Crippen molar-refractivity contribution in [3.63, 3.8) is 0 Å². The molecule has 1 unspecified atom stereocenters. The van der Waals surface area contributed by atoms with E-state index in [-0.39, 0.29) is 24.8 Å². The Bertz CT molecular complexity index is 666. The van der Waals surface area contributed by atoms with Gasteiger partial charge in [-0.05, 0) is 43.7 Å². The van der Waals surface area contributed by atoms with E-state index < -0.39 is 23.3 Å². The van der Waals surface area contributed by atoms with Gasteiger partial charge in [0.05, 0.1) is 17.9 Å². The maximum absolute atomic E-state index is 12.7. The molecule has 1 saturated heterocycles. The van der Waals surface area contributed by atoms with Crippen LogP contribution in [0, 0.1) is 5.92 Å². The molecule has 25 heavy (non-hydrogen) atoms. The van der Waals surface area contributed by atoms with Gasteiger partial charge < -0.3 is 10.1 Å². The van der Waals surface area contributed by atoms with Crippen LogP contribution in [0.4, 0.5) is 13.2 Å². The monoisotopic (exact) mass is 355 g/mol. The normalized spacial score (nSPS) is 22.2. The fourth-order valence-electron chi connectivity index (χ4n) is 3.80. The molecule has 1 aliphatic heterocycles. The minimum Gasteiger partial charge on any atom is -0.458 e. The Morgan fingerprint density at radius 1 is 1.28 bits per heavy atom. The molecule has 2 aliphatic rings. The summed E-state index contributed by atoms with van der Waals surface area (Å²) in [5, 5.41) is 2.75. The lowest BCUT2D eigenvalue weighted by Crippen LogP contribution is -2.43. The lowest BCUT2D eigenvalue weighted by Gasteiger charge is -2.27. The van der Waals surface area contributed by atoms with Crippen molar-refractivity contribution in [3.05, 3.63) is 35.4 Å². The van der Waals surface area contributed by atoms with Crippen LogP contribution in [0.25, 0.3) is 0 Å². The first-order valence-electron chi connectivity index (χ1n) is 8.46. The summed E-state index contributed by atoms with van der Waals surface area (Å²) >= 11 is 0. The molecule has 1 amide bonds. The average Bonchev–Trinajstić information content (AvgIpc) is 3.14. The van der Waals surface area contributed by atoms with E-state index in [9.17, 15) is 22.8 Å². The van der Waals surface area contributed by atoms with Crippen LogP contribution >= 0.6 is 0 Å². The summed E-state index contributed by atoms with van der Waals surface area (Å²) in [6.45, 7) is 0.223.